The van der Waals surface area contributed by atoms with Gasteiger partial charge in [0.05, 0.1) is 17.4 Å². The number of carboxylic acid groups (broad SMARTS) is 1. The van der Waals surface area contributed by atoms with Crippen molar-refractivity contribution in [1.29, 1.82) is 5.26 Å². The van der Waals surface area contributed by atoms with Gasteiger partial charge in [0.2, 0.25) is 0 Å². The van der Waals surface area contributed by atoms with Crippen LogP contribution in [0.15, 0.2) is 23.8 Å². The number of rotatable bonds is 3. The van der Waals surface area contributed by atoms with E-state index in [0.717, 1.165) is 18.4 Å². The molecule has 0 aromatic rings. The Labute approximate surface area is 226 Å². The molecule has 0 aliphatic heterocycles. The lowest BCUT2D eigenvalue weighted by Crippen LogP contribution is -2.67. The number of carbonyl (C=O) groups excluding carboxylic acids is 2. The van der Waals surface area contributed by atoms with Gasteiger partial charge >= 0.3 is 5.97 Å². The zero-order chi connectivity index (χ0) is 28.1. The fourth-order valence-electron chi connectivity index (χ4n) is 10.3. The molecule has 0 amide bonds. The van der Waals surface area contributed by atoms with Crippen LogP contribution in [0.2, 0.25) is 0 Å². The smallest absolute Gasteiger partial charge is 0.309 e. The third-order valence-electron chi connectivity index (χ3n) is 13.0. The number of aliphatic hydroxyl groups excluding tert-OH is 1. The van der Waals surface area contributed by atoms with Crippen LogP contribution < -0.4 is 0 Å². The molecule has 0 bridgehead atoms. The van der Waals surface area contributed by atoms with E-state index in [1.807, 2.05) is 26.8 Å². The number of carbonyl (C=O) groups is 3. The van der Waals surface area contributed by atoms with E-state index in [0.29, 0.717) is 32.1 Å². The summed E-state index contributed by atoms with van der Waals surface area (Å²) in [5, 5.41) is 30.9. The highest BCUT2D eigenvalue weighted by atomic mass is 16.4. The maximum atomic E-state index is 14.4. The molecule has 1 unspecified atom stereocenters. The Morgan fingerprint density at radius 1 is 1.05 bits per heavy atom. The zero-order valence-corrected chi connectivity index (χ0v) is 23.8. The van der Waals surface area contributed by atoms with Crippen LogP contribution in [0.5, 0.6) is 0 Å². The van der Waals surface area contributed by atoms with Crippen molar-refractivity contribution < 1.29 is 24.6 Å². The van der Waals surface area contributed by atoms with E-state index in [2.05, 4.69) is 26.8 Å². The summed E-state index contributed by atoms with van der Waals surface area (Å²) in [7, 11) is 0. The molecule has 38 heavy (non-hydrogen) atoms. The highest BCUT2D eigenvalue weighted by Gasteiger charge is 2.72. The second-order valence-electron chi connectivity index (χ2n) is 14.7. The van der Waals surface area contributed by atoms with Gasteiger partial charge in [0.25, 0.3) is 0 Å². The number of aliphatic hydroxyl groups is 1. The molecule has 5 aliphatic carbocycles. The van der Waals surface area contributed by atoms with Gasteiger partial charge in [-0.15, -0.1) is 0 Å². The van der Waals surface area contributed by atoms with Crippen LogP contribution in [-0.4, -0.2) is 34.4 Å². The van der Waals surface area contributed by atoms with Gasteiger partial charge in [-0.2, -0.15) is 5.26 Å². The lowest BCUT2D eigenvalue weighted by molar-refractivity contribution is -0.196. The van der Waals surface area contributed by atoms with E-state index in [-0.39, 0.29) is 34.9 Å². The summed E-state index contributed by atoms with van der Waals surface area (Å²) in [4.78, 5) is 40.4. The van der Waals surface area contributed by atoms with E-state index in [4.69, 9.17) is 0 Å². The number of nitrogens with zero attached hydrogens (tertiary/aromatic N) is 1. The van der Waals surface area contributed by atoms with Gasteiger partial charge in [-0.1, -0.05) is 53.2 Å². The molecule has 0 radical (unpaired) electrons. The molecule has 5 rings (SSSR count). The first-order valence-electron chi connectivity index (χ1n) is 14.3. The molecule has 6 heteroatoms. The van der Waals surface area contributed by atoms with E-state index in [9.17, 15) is 29.9 Å². The van der Waals surface area contributed by atoms with Crippen molar-refractivity contribution in [3.8, 4) is 6.07 Å². The van der Waals surface area contributed by atoms with Crippen molar-refractivity contribution in [1.82, 2.24) is 0 Å². The average molecular weight is 522 g/mol. The molecule has 0 heterocycles. The van der Waals surface area contributed by atoms with Gasteiger partial charge in [0, 0.05) is 29.3 Å². The van der Waals surface area contributed by atoms with Gasteiger partial charge in [-0.05, 0) is 79.3 Å². The molecule has 0 saturated heterocycles. The van der Waals surface area contributed by atoms with E-state index in [1.54, 1.807) is 12.2 Å². The zero-order valence-electron chi connectivity index (χ0n) is 23.8. The fourth-order valence-corrected chi connectivity index (χ4v) is 10.3. The fraction of sp³-hybridized carbons (Fsp3) is 0.750. The van der Waals surface area contributed by atoms with Crippen molar-refractivity contribution in [2.24, 2.45) is 56.2 Å². The summed E-state index contributed by atoms with van der Waals surface area (Å²) in [5.41, 5.74) is -2.49. The monoisotopic (exact) mass is 521 g/mol. The second kappa shape index (κ2) is 8.13. The summed E-state index contributed by atoms with van der Waals surface area (Å²) in [6.45, 7) is 12.6. The van der Waals surface area contributed by atoms with Gasteiger partial charge in [0.1, 0.15) is 0 Å². The third-order valence-corrected chi connectivity index (χ3v) is 13.0. The summed E-state index contributed by atoms with van der Waals surface area (Å²) < 4.78 is 0. The SMILES string of the molecule is CC1(C)CC[C@]2(C(=O)O)CC[C@]3(C)[C@H](C(=O)C=C4[C@@]5(C)C=CC(=O)[C@@](C)(CCO)[C@@H]5CC[C@]43C)[C@@H]2C1C#N. The summed E-state index contributed by atoms with van der Waals surface area (Å²) in [5.74, 6) is -2.51. The maximum Gasteiger partial charge on any atom is 0.309 e. The van der Waals surface area contributed by atoms with Crippen LogP contribution in [0.3, 0.4) is 0 Å². The van der Waals surface area contributed by atoms with Crippen LogP contribution in [0, 0.1) is 67.5 Å². The topological polar surface area (TPSA) is 115 Å². The average Bonchev–Trinajstić information content (AvgIpc) is 2.83. The quantitative estimate of drug-likeness (QED) is 0.506. The number of aliphatic carboxylic acids is 1. The standard InChI is InChI=1S/C32H43NO5/c1-27(2)11-13-32(26(37)38)14-12-31(6)25(24(32)19(27)18-33)20(35)17-22-28(3)9-8-23(36)29(4,15-16-34)21(28)7-10-30(22,31)5/h8-9,17,19,21,24-25,34H,7,10-16H2,1-6H3,(H,37,38)/t19?,21-,24+,25-,28+,29+,30-,31-,32+/m1/s1. The summed E-state index contributed by atoms with van der Waals surface area (Å²) in [6, 6.07) is 2.50. The van der Waals surface area contributed by atoms with Gasteiger partial charge in [-0.25, -0.2) is 0 Å². The first-order valence-corrected chi connectivity index (χ1v) is 14.3. The van der Waals surface area contributed by atoms with Crippen LogP contribution in [0.1, 0.15) is 86.5 Å². The number of hydrogen-bond donors (Lipinski definition) is 2. The van der Waals surface area contributed by atoms with Crippen LogP contribution in [0.4, 0.5) is 0 Å². The lowest BCUT2D eigenvalue weighted by Gasteiger charge is -2.69. The molecule has 6 nitrogen and oxygen atoms in total. The first-order chi connectivity index (χ1) is 17.6. The van der Waals surface area contributed by atoms with Crippen molar-refractivity contribution in [2.45, 2.75) is 86.5 Å². The van der Waals surface area contributed by atoms with Gasteiger partial charge in [0.15, 0.2) is 11.6 Å². The Hall–Kier alpha value is -2.26. The first kappa shape index (κ1) is 27.3. The Bertz CT molecular complexity index is 1210. The largest absolute Gasteiger partial charge is 0.481 e. The summed E-state index contributed by atoms with van der Waals surface area (Å²) in [6.07, 6.45) is 9.65. The number of hydrogen-bond acceptors (Lipinski definition) is 5. The number of ketones is 2. The molecule has 0 aromatic heterocycles. The van der Waals surface area contributed by atoms with E-state index >= 15 is 0 Å². The Balaban J connectivity index is 1.71. The van der Waals surface area contributed by atoms with Crippen molar-refractivity contribution in [2.75, 3.05) is 6.61 Å². The molecular weight excluding hydrogens is 478 g/mol. The normalized spacial score (nSPS) is 49.1. The molecule has 2 N–H and O–H groups in total. The second-order valence-corrected chi connectivity index (χ2v) is 14.7. The van der Waals surface area contributed by atoms with Crippen molar-refractivity contribution in [3.63, 3.8) is 0 Å². The predicted octanol–water partition coefficient (Wildman–Crippen LogP) is 5.51. The number of allylic oxidation sites excluding steroid dienone is 4. The Morgan fingerprint density at radius 2 is 1.71 bits per heavy atom. The van der Waals surface area contributed by atoms with Crippen molar-refractivity contribution in [3.05, 3.63) is 23.8 Å². The maximum absolute atomic E-state index is 14.4. The Kier molecular flexibility index (Phi) is 5.84. The highest BCUT2D eigenvalue weighted by molar-refractivity contribution is 5.98. The molecule has 0 spiro atoms. The molecule has 9 atom stereocenters. The van der Waals surface area contributed by atoms with Gasteiger partial charge in [-0.3, -0.25) is 14.4 Å². The molecule has 5 aliphatic rings. The number of carboxylic acids is 1. The minimum atomic E-state index is -1.06. The van der Waals surface area contributed by atoms with Crippen LogP contribution >= 0.6 is 0 Å². The van der Waals surface area contributed by atoms with Gasteiger partial charge < -0.3 is 10.2 Å². The number of nitriles is 1. The lowest BCUT2D eigenvalue weighted by atomic mass is 9.33. The molecule has 3 fully saturated rings. The van der Waals surface area contributed by atoms with E-state index < -0.39 is 45.4 Å². The molecule has 3 saturated carbocycles. The van der Waals surface area contributed by atoms with Crippen molar-refractivity contribution >= 4 is 17.5 Å². The molecular formula is C32H43NO5. The summed E-state index contributed by atoms with van der Waals surface area (Å²) >= 11 is 0. The van der Waals surface area contributed by atoms with Crippen LogP contribution in [0.25, 0.3) is 0 Å². The number of fused-ring (bicyclic) bond motifs is 7. The minimum Gasteiger partial charge on any atom is -0.481 e. The van der Waals surface area contributed by atoms with Crippen LogP contribution in [-0.2, 0) is 14.4 Å². The van der Waals surface area contributed by atoms with E-state index in [1.165, 1.54) is 0 Å². The molecule has 206 valence electrons. The predicted molar refractivity (Wildman–Crippen MR) is 142 cm³/mol. The Morgan fingerprint density at radius 3 is 2.32 bits per heavy atom. The highest BCUT2D eigenvalue weighted by Crippen LogP contribution is 2.75. The molecule has 0 aromatic carbocycles. The third kappa shape index (κ3) is 3.06. The minimum absolute atomic E-state index is 0.0332.